The number of ether oxygens (including phenoxy) is 4. The third-order valence-corrected chi connectivity index (χ3v) is 5.91. The molecule has 1 saturated carbocycles. The van der Waals surface area contributed by atoms with Crippen molar-refractivity contribution in [2.24, 2.45) is 0 Å². The molecule has 0 heterocycles. The van der Waals surface area contributed by atoms with E-state index in [0.717, 1.165) is 25.9 Å². The van der Waals surface area contributed by atoms with Gasteiger partial charge in [-0.2, -0.15) is 0 Å². The molecule has 0 aromatic rings. The predicted molar refractivity (Wildman–Crippen MR) is 127 cm³/mol. The first-order valence-corrected chi connectivity index (χ1v) is 13.3. The van der Waals surface area contributed by atoms with Gasteiger partial charge in [-0.25, -0.2) is 0 Å². The molecule has 0 spiro atoms. The van der Waals surface area contributed by atoms with Crippen LogP contribution < -0.4 is 0 Å². The molecule has 0 atom stereocenters. The Kier molecular flexibility index (Phi) is 20.6. The summed E-state index contributed by atoms with van der Waals surface area (Å²) in [5.41, 5.74) is 0. The minimum absolute atomic E-state index is 0.0775. The highest BCUT2D eigenvalue weighted by atomic mass is 16.5. The molecule has 0 bridgehead atoms. The molecule has 0 saturated heterocycles. The molecule has 0 amide bonds. The van der Waals surface area contributed by atoms with E-state index in [1.807, 2.05) is 0 Å². The van der Waals surface area contributed by atoms with Crippen LogP contribution in [-0.4, -0.2) is 51.7 Å². The molecule has 1 aliphatic carbocycles. The van der Waals surface area contributed by atoms with Crippen molar-refractivity contribution >= 4 is 5.97 Å². The predicted octanol–water partition coefficient (Wildman–Crippen LogP) is 6.61. The Balaban J connectivity index is 1.68. The molecule has 0 aliphatic heterocycles. The van der Waals surface area contributed by atoms with E-state index in [0.29, 0.717) is 45.9 Å². The molecule has 0 aromatic heterocycles. The molecule has 1 aliphatic rings. The SMILES string of the molecule is CCCCCCCCCCCCOCCOCCOCCCC(=O)OC1CCCCC1. The summed E-state index contributed by atoms with van der Waals surface area (Å²) in [7, 11) is 0. The second-order valence-corrected chi connectivity index (χ2v) is 8.87. The third kappa shape index (κ3) is 19.7. The van der Waals surface area contributed by atoms with Crippen molar-refractivity contribution < 1.29 is 23.7 Å². The summed E-state index contributed by atoms with van der Waals surface area (Å²) < 4.78 is 22.2. The van der Waals surface area contributed by atoms with Gasteiger partial charge in [0.05, 0.1) is 26.4 Å². The van der Waals surface area contributed by atoms with Gasteiger partial charge in [-0.05, 0) is 38.5 Å². The summed E-state index contributed by atoms with van der Waals surface area (Å²) in [5, 5.41) is 0. The fraction of sp³-hybridized carbons (Fsp3) is 0.962. The number of hydrogen-bond acceptors (Lipinski definition) is 5. The first-order valence-electron chi connectivity index (χ1n) is 13.3. The van der Waals surface area contributed by atoms with Crippen molar-refractivity contribution in [1.29, 1.82) is 0 Å². The molecular weight excluding hydrogens is 392 g/mol. The second kappa shape index (κ2) is 22.5. The van der Waals surface area contributed by atoms with Crippen LogP contribution in [0.25, 0.3) is 0 Å². The standard InChI is InChI=1S/C26H50O5/c1-2-3-4-5-6-7-8-9-10-14-19-28-21-23-30-24-22-29-20-15-18-26(27)31-25-16-12-11-13-17-25/h25H,2-24H2,1H3. The van der Waals surface area contributed by atoms with Crippen molar-refractivity contribution in [3.05, 3.63) is 0 Å². The molecule has 0 radical (unpaired) electrons. The van der Waals surface area contributed by atoms with Crippen molar-refractivity contribution in [3.63, 3.8) is 0 Å². The van der Waals surface area contributed by atoms with Gasteiger partial charge in [-0.15, -0.1) is 0 Å². The first-order chi connectivity index (χ1) is 15.3. The van der Waals surface area contributed by atoms with Crippen molar-refractivity contribution in [3.8, 4) is 0 Å². The summed E-state index contributed by atoms with van der Waals surface area (Å²) in [6, 6.07) is 0. The van der Waals surface area contributed by atoms with Crippen LogP contribution in [0.1, 0.15) is 116 Å². The number of unbranched alkanes of at least 4 members (excludes halogenated alkanes) is 9. The van der Waals surface area contributed by atoms with Crippen molar-refractivity contribution in [1.82, 2.24) is 0 Å². The number of esters is 1. The Morgan fingerprint density at radius 3 is 1.68 bits per heavy atom. The summed E-state index contributed by atoms with van der Waals surface area (Å²) in [5.74, 6) is -0.0775. The number of rotatable bonds is 22. The normalized spacial score (nSPS) is 14.7. The highest BCUT2D eigenvalue weighted by Crippen LogP contribution is 2.20. The zero-order chi connectivity index (χ0) is 22.2. The van der Waals surface area contributed by atoms with Gasteiger partial charge >= 0.3 is 5.97 Å². The average molecular weight is 443 g/mol. The fourth-order valence-electron chi connectivity index (χ4n) is 3.98. The lowest BCUT2D eigenvalue weighted by Crippen LogP contribution is -2.21. The van der Waals surface area contributed by atoms with Crippen LogP contribution >= 0.6 is 0 Å². The molecule has 1 fully saturated rings. The van der Waals surface area contributed by atoms with Gasteiger partial charge in [-0.1, -0.05) is 71.1 Å². The van der Waals surface area contributed by atoms with E-state index < -0.39 is 0 Å². The van der Waals surface area contributed by atoms with E-state index in [-0.39, 0.29) is 12.1 Å². The second-order valence-electron chi connectivity index (χ2n) is 8.87. The Labute approximate surface area is 191 Å². The zero-order valence-corrected chi connectivity index (χ0v) is 20.4. The van der Waals surface area contributed by atoms with Crippen molar-refractivity contribution in [2.45, 2.75) is 122 Å². The van der Waals surface area contributed by atoms with Crippen LogP contribution in [0.15, 0.2) is 0 Å². The quantitative estimate of drug-likeness (QED) is 0.139. The van der Waals surface area contributed by atoms with Gasteiger partial charge < -0.3 is 18.9 Å². The summed E-state index contributed by atoms with van der Waals surface area (Å²) >= 11 is 0. The summed E-state index contributed by atoms with van der Waals surface area (Å²) in [6.07, 6.45) is 20.5. The monoisotopic (exact) mass is 442 g/mol. The lowest BCUT2D eigenvalue weighted by Gasteiger charge is -2.21. The van der Waals surface area contributed by atoms with Crippen LogP contribution in [0.3, 0.4) is 0 Å². The molecule has 5 nitrogen and oxygen atoms in total. The maximum atomic E-state index is 11.8. The number of hydrogen-bond donors (Lipinski definition) is 0. The van der Waals surface area contributed by atoms with E-state index in [4.69, 9.17) is 18.9 Å². The van der Waals surface area contributed by atoms with Crippen LogP contribution in [-0.2, 0) is 23.7 Å². The van der Waals surface area contributed by atoms with E-state index in [1.165, 1.54) is 77.0 Å². The Bertz CT molecular complexity index is 382. The Morgan fingerprint density at radius 1 is 0.613 bits per heavy atom. The maximum absolute atomic E-state index is 11.8. The molecule has 1 rings (SSSR count). The van der Waals surface area contributed by atoms with E-state index in [1.54, 1.807) is 0 Å². The molecule has 0 aromatic carbocycles. The lowest BCUT2D eigenvalue weighted by atomic mass is 9.98. The Morgan fingerprint density at radius 2 is 1.10 bits per heavy atom. The zero-order valence-electron chi connectivity index (χ0n) is 20.4. The summed E-state index contributed by atoms with van der Waals surface area (Å²) in [4.78, 5) is 11.8. The minimum atomic E-state index is -0.0775. The molecule has 0 unspecified atom stereocenters. The lowest BCUT2D eigenvalue weighted by molar-refractivity contribution is -0.150. The highest BCUT2D eigenvalue weighted by molar-refractivity contribution is 5.69. The smallest absolute Gasteiger partial charge is 0.306 e. The topological polar surface area (TPSA) is 54.0 Å². The van der Waals surface area contributed by atoms with Gasteiger partial charge in [0.2, 0.25) is 0 Å². The van der Waals surface area contributed by atoms with Crippen LogP contribution in [0, 0.1) is 0 Å². The summed E-state index contributed by atoms with van der Waals surface area (Å²) in [6.45, 7) is 6.11. The molecule has 31 heavy (non-hydrogen) atoms. The maximum Gasteiger partial charge on any atom is 0.306 e. The van der Waals surface area contributed by atoms with Crippen LogP contribution in [0.4, 0.5) is 0 Å². The van der Waals surface area contributed by atoms with Crippen LogP contribution in [0.5, 0.6) is 0 Å². The van der Waals surface area contributed by atoms with Gasteiger partial charge in [0.25, 0.3) is 0 Å². The molecule has 5 heteroatoms. The largest absolute Gasteiger partial charge is 0.462 e. The number of carbonyl (C=O) groups is 1. The number of carbonyl (C=O) groups excluding carboxylic acids is 1. The van der Waals surface area contributed by atoms with E-state index in [2.05, 4.69) is 6.92 Å². The van der Waals surface area contributed by atoms with Crippen LogP contribution in [0.2, 0.25) is 0 Å². The Hall–Kier alpha value is -0.650. The van der Waals surface area contributed by atoms with E-state index >= 15 is 0 Å². The minimum Gasteiger partial charge on any atom is -0.462 e. The first kappa shape index (κ1) is 28.4. The molecule has 0 N–H and O–H groups in total. The molecular formula is C26H50O5. The van der Waals surface area contributed by atoms with Gasteiger partial charge in [0.15, 0.2) is 0 Å². The van der Waals surface area contributed by atoms with Gasteiger partial charge in [-0.3, -0.25) is 4.79 Å². The molecule has 184 valence electrons. The van der Waals surface area contributed by atoms with Gasteiger partial charge in [0, 0.05) is 19.6 Å². The fourth-order valence-corrected chi connectivity index (χ4v) is 3.98. The van der Waals surface area contributed by atoms with Crippen molar-refractivity contribution in [2.75, 3.05) is 39.6 Å². The third-order valence-electron chi connectivity index (χ3n) is 5.91. The highest BCUT2D eigenvalue weighted by Gasteiger charge is 2.17. The van der Waals surface area contributed by atoms with Gasteiger partial charge in [0.1, 0.15) is 6.10 Å². The van der Waals surface area contributed by atoms with E-state index in [9.17, 15) is 4.79 Å². The average Bonchev–Trinajstić information content (AvgIpc) is 2.78.